The third kappa shape index (κ3) is 2.48. The lowest BCUT2D eigenvalue weighted by atomic mass is 10.2. The maximum atomic E-state index is 6.00. The molecule has 0 spiro atoms. The van der Waals surface area contributed by atoms with Crippen LogP contribution in [0.1, 0.15) is 18.4 Å². The van der Waals surface area contributed by atoms with Gasteiger partial charge in [0.2, 0.25) is 0 Å². The summed E-state index contributed by atoms with van der Waals surface area (Å²) in [6.07, 6.45) is 2.40. The van der Waals surface area contributed by atoms with Crippen LogP contribution in [0.4, 0.5) is 0 Å². The highest BCUT2D eigenvalue weighted by Crippen LogP contribution is 2.37. The molecular weight excluding hydrogens is 178 g/mol. The smallest absolute Gasteiger partial charge is 0.0250 e. The van der Waals surface area contributed by atoms with Crippen molar-refractivity contribution in [2.24, 2.45) is 5.73 Å². The molecule has 70 valence electrons. The summed E-state index contributed by atoms with van der Waals surface area (Å²) in [5.41, 5.74) is 7.48. The molecule has 1 aliphatic rings. The number of thioether (sulfide) groups is 1. The van der Waals surface area contributed by atoms with Gasteiger partial charge in [0.05, 0.1) is 0 Å². The molecule has 1 saturated carbocycles. The summed E-state index contributed by atoms with van der Waals surface area (Å²) in [5.74, 6) is 1.07. The lowest BCUT2D eigenvalue weighted by molar-refractivity contribution is 0.776. The third-order valence-corrected chi connectivity index (χ3v) is 3.76. The number of benzene rings is 1. The van der Waals surface area contributed by atoms with Crippen LogP contribution >= 0.6 is 11.8 Å². The average molecular weight is 193 g/mol. The minimum absolute atomic E-state index is 0.162. The van der Waals surface area contributed by atoms with Gasteiger partial charge >= 0.3 is 0 Å². The van der Waals surface area contributed by atoms with Gasteiger partial charge in [0.1, 0.15) is 0 Å². The molecule has 1 aliphatic carbocycles. The predicted molar refractivity (Wildman–Crippen MR) is 58.1 cm³/mol. The molecule has 2 rings (SSSR count). The van der Waals surface area contributed by atoms with E-state index >= 15 is 0 Å². The fourth-order valence-corrected chi connectivity index (χ4v) is 2.24. The van der Waals surface area contributed by atoms with Crippen LogP contribution in [0.3, 0.4) is 0 Å². The number of rotatable bonds is 3. The normalized spacial score (nSPS) is 18.6. The molecule has 1 nitrogen and oxygen atoms in total. The Morgan fingerprint density at radius 2 is 1.92 bits per heavy atom. The largest absolute Gasteiger partial charge is 0.324 e. The minimum atomic E-state index is 0.162. The number of nitrogens with two attached hydrogens (primary N) is 1. The van der Waals surface area contributed by atoms with E-state index in [1.54, 1.807) is 0 Å². The first kappa shape index (κ1) is 9.10. The molecule has 0 unspecified atom stereocenters. The molecule has 13 heavy (non-hydrogen) atoms. The molecule has 1 aromatic rings. The van der Waals surface area contributed by atoms with Crippen molar-refractivity contribution in [2.45, 2.75) is 30.2 Å². The van der Waals surface area contributed by atoms with E-state index in [-0.39, 0.29) is 5.54 Å². The molecule has 0 aliphatic heterocycles. The predicted octanol–water partition coefficient (Wildman–Crippen LogP) is 2.58. The second-order valence-corrected chi connectivity index (χ2v) is 5.01. The van der Waals surface area contributed by atoms with Crippen molar-refractivity contribution >= 4 is 11.8 Å². The van der Waals surface area contributed by atoms with Gasteiger partial charge in [-0.3, -0.25) is 0 Å². The van der Waals surface area contributed by atoms with E-state index in [4.69, 9.17) is 5.73 Å². The van der Waals surface area contributed by atoms with E-state index in [9.17, 15) is 0 Å². The fraction of sp³-hybridized carbons (Fsp3) is 0.455. The summed E-state index contributed by atoms with van der Waals surface area (Å²) in [7, 11) is 0. The van der Waals surface area contributed by atoms with Gasteiger partial charge in [0.15, 0.2) is 0 Å². The Kier molecular flexibility index (Phi) is 2.35. The first-order valence-corrected chi connectivity index (χ1v) is 5.65. The molecule has 2 N–H and O–H groups in total. The van der Waals surface area contributed by atoms with E-state index in [2.05, 4.69) is 31.2 Å². The Labute approximate surface area is 83.7 Å². The van der Waals surface area contributed by atoms with E-state index in [0.717, 1.165) is 5.75 Å². The molecular formula is C11H15NS. The Hall–Kier alpha value is -0.470. The van der Waals surface area contributed by atoms with Crippen molar-refractivity contribution in [1.29, 1.82) is 0 Å². The van der Waals surface area contributed by atoms with Gasteiger partial charge in [0, 0.05) is 16.2 Å². The Morgan fingerprint density at radius 3 is 2.46 bits per heavy atom. The zero-order valence-corrected chi connectivity index (χ0v) is 8.73. The summed E-state index contributed by atoms with van der Waals surface area (Å²) in [6, 6.07) is 8.65. The van der Waals surface area contributed by atoms with Crippen LogP contribution in [0.15, 0.2) is 29.2 Å². The summed E-state index contributed by atoms with van der Waals surface area (Å²) in [6.45, 7) is 2.11. The van der Waals surface area contributed by atoms with Crippen LogP contribution in [0.2, 0.25) is 0 Å². The molecule has 0 heterocycles. The lowest BCUT2D eigenvalue weighted by Gasteiger charge is -2.07. The molecule has 0 radical (unpaired) electrons. The summed E-state index contributed by atoms with van der Waals surface area (Å²) < 4.78 is 0. The van der Waals surface area contributed by atoms with Crippen molar-refractivity contribution < 1.29 is 0 Å². The zero-order chi connectivity index (χ0) is 9.31. The monoisotopic (exact) mass is 193 g/mol. The minimum Gasteiger partial charge on any atom is -0.324 e. The van der Waals surface area contributed by atoms with Crippen LogP contribution in [0, 0.1) is 6.92 Å². The van der Waals surface area contributed by atoms with Gasteiger partial charge < -0.3 is 5.73 Å². The zero-order valence-electron chi connectivity index (χ0n) is 7.92. The topological polar surface area (TPSA) is 26.0 Å². The molecule has 0 amide bonds. The second-order valence-electron chi connectivity index (χ2n) is 3.96. The SMILES string of the molecule is Cc1ccc(SCC2(N)CC2)cc1. The van der Waals surface area contributed by atoms with Gasteiger partial charge in [0.25, 0.3) is 0 Å². The summed E-state index contributed by atoms with van der Waals surface area (Å²) in [4.78, 5) is 1.34. The molecule has 0 saturated heterocycles. The molecule has 0 bridgehead atoms. The van der Waals surface area contributed by atoms with Gasteiger partial charge in [-0.25, -0.2) is 0 Å². The van der Waals surface area contributed by atoms with Gasteiger partial charge in [-0.05, 0) is 31.9 Å². The highest BCUT2D eigenvalue weighted by molar-refractivity contribution is 7.99. The number of hydrogen-bond donors (Lipinski definition) is 1. The lowest BCUT2D eigenvalue weighted by Crippen LogP contribution is -2.24. The highest BCUT2D eigenvalue weighted by atomic mass is 32.2. The second kappa shape index (κ2) is 3.35. The molecule has 2 heteroatoms. The van der Waals surface area contributed by atoms with Crippen LogP contribution < -0.4 is 5.73 Å². The van der Waals surface area contributed by atoms with Crippen molar-refractivity contribution in [1.82, 2.24) is 0 Å². The number of aryl methyl sites for hydroxylation is 1. The summed E-state index contributed by atoms with van der Waals surface area (Å²) >= 11 is 1.87. The van der Waals surface area contributed by atoms with Crippen molar-refractivity contribution in [3.63, 3.8) is 0 Å². The van der Waals surface area contributed by atoms with E-state index in [0.29, 0.717) is 0 Å². The fourth-order valence-electron chi connectivity index (χ4n) is 1.17. The van der Waals surface area contributed by atoms with E-state index in [1.165, 1.54) is 23.3 Å². The van der Waals surface area contributed by atoms with Crippen LogP contribution in [0.5, 0.6) is 0 Å². The van der Waals surface area contributed by atoms with E-state index < -0.39 is 0 Å². The standard InChI is InChI=1S/C11H15NS/c1-9-2-4-10(5-3-9)13-8-11(12)6-7-11/h2-5H,6-8,12H2,1H3. The molecule has 1 fully saturated rings. The first-order valence-electron chi connectivity index (χ1n) is 4.66. The number of hydrogen-bond acceptors (Lipinski definition) is 2. The highest BCUT2D eigenvalue weighted by Gasteiger charge is 2.37. The molecule has 0 aromatic heterocycles. The van der Waals surface area contributed by atoms with Gasteiger partial charge in [-0.15, -0.1) is 11.8 Å². The van der Waals surface area contributed by atoms with E-state index in [1.807, 2.05) is 11.8 Å². The summed E-state index contributed by atoms with van der Waals surface area (Å²) in [5, 5.41) is 0. The molecule has 0 atom stereocenters. The van der Waals surface area contributed by atoms with Crippen molar-refractivity contribution in [3.8, 4) is 0 Å². The maximum absolute atomic E-state index is 6.00. The van der Waals surface area contributed by atoms with Crippen LogP contribution in [0.25, 0.3) is 0 Å². The average Bonchev–Trinajstić information content (AvgIpc) is 2.84. The Bertz CT molecular complexity index is 287. The van der Waals surface area contributed by atoms with Gasteiger partial charge in [-0.1, -0.05) is 17.7 Å². The van der Waals surface area contributed by atoms with Crippen LogP contribution in [-0.2, 0) is 0 Å². The maximum Gasteiger partial charge on any atom is 0.0250 e. The van der Waals surface area contributed by atoms with Crippen molar-refractivity contribution in [2.75, 3.05) is 5.75 Å². The Balaban J connectivity index is 1.91. The third-order valence-electron chi connectivity index (χ3n) is 2.44. The Morgan fingerprint density at radius 1 is 1.31 bits per heavy atom. The van der Waals surface area contributed by atoms with Crippen molar-refractivity contribution in [3.05, 3.63) is 29.8 Å². The van der Waals surface area contributed by atoms with Crippen LogP contribution in [-0.4, -0.2) is 11.3 Å². The van der Waals surface area contributed by atoms with Gasteiger partial charge in [-0.2, -0.15) is 0 Å². The first-order chi connectivity index (χ1) is 6.18. The molecule has 1 aromatic carbocycles. The quantitative estimate of drug-likeness (QED) is 0.747.